The minimum Gasteiger partial charge on any atom is -0.392 e. The van der Waals surface area contributed by atoms with Crippen molar-refractivity contribution in [1.29, 1.82) is 0 Å². The molecule has 0 saturated heterocycles. The third kappa shape index (κ3) is 5.54. The van der Waals surface area contributed by atoms with Crippen LogP contribution >= 0.6 is 0 Å². The molecule has 2 amide bonds. The zero-order valence-electron chi connectivity index (χ0n) is 19.6. The Morgan fingerprint density at radius 1 is 1.17 bits per heavy atom. The van der Waals surface area contributed by atoms with E-state index in [0.717, 1.165) is 25.7 Å². The van der Waals surface area contributed by atoms with Crippen LogP contribution in [0, 0.1) is 29.1 Å². The van der Waals surface area contributed by atoms with Crippen molar-refractivity contribution in [3.63, 3.8) is 0 Å². The second-order valence-electron chi connectivity index (χ2n) is 9.68. The van der Waals surface area contributed by atoms with Gasteiger partial charge in [0.15, 0.2) is 0 Å². The van der Waals surface area contributed by atoms with Gasteiger partial charge in [-0.05, 0) is 48.9 Å². The Morgan fingerprint density at radius 2 is 1.73 bits per heavy atom. The van der Waals surface area contributed by atoms with Gasteiger partial charge in [0.25, 0.3) is 0 Å². The number of hydrogen-bond acceptors (Lipinski definition) is 5. The molecule has 0 bridgehead atoms. The van der Waals surface area contributed by atoms with E-state index >= 15 is 0 Å². The number of rotatable bonds is 9. The fourth-order valence-corrected chi connectivity index (χ4v) is 5.96. The number of methoxy groups -OCH3 is 2. The normalized spacial score (nSPS) is 34.7. The van der Waals surface area contributed by atoms with Gasteiger partial charge in [-0.15, -0.1) is 0 Å². The second-order valence-corrected chi connectivity index (χ2v) is 9.68. The molecule has 7 unspecified atom stereocenters. The van der Waals surface area contributed by atoms with Crippen molar-refractivity contribution in [3.05, 3.63) is 0 Å². The number of nitrogens with one attached hydrogen (secondary N) is 1. The van der Waals surface area contributed by atoms with Crippen LogP contribution in [0.3, 0.4) is 0 Å². The number of fused-ring (bicyclic) bond motifs is 1. The second kappa shape index (κ2) is 10.9. The lowest BCUT2D eigenvalue weighted by atomic mass is 9.51. The average molecular weight is 427 g/mol. The molecule has 0 spiro atoms. The molecule has 0 aromatic rings. The van der Waals surface area contributed by atoms with Gasteiger partial charge in [-0.25, -0.2) is 0 Å². The molecule has 2 N–H and O–H groups in total. The van der Waals surface area contributed by atoms with E-state index in [1.165, 1.54) is 0 Å². The lowest BCUT2D eigenvalue weighted by Gasteiger charge is -2.56. The van der Waals surface area contributed by atoms with Gasteiger partial charge >= 0.3 is 0 Å². The number of carbonyl (C=O) groups excluding carboxylic acids is 2. The fraction of sp³-hybridized carbons (Fsp3) is 0.913. The summed E-state index contributed by atoms with van der Waals surface area (Å²) in [7, 11) is 3.26. The van der Waals surface area contributed by atoms with Crippen LogP contribution in [0.4, 0.5) is 0 Å². The van der Waals surface area contributed by atoms with Crippen LogP contribution in [0.2, 0.25) is 0 Å². The van der Waals surface area contributed by atoms with E-state index in [2.05, 4.69) is 19.2 Å². The van der Waals surface area contributed by atoms with Crippen LogP contribution in [0.15, 0.2) is 0 Å². The first-order valence-corrected chi connectivity index (χ1v) is 11.4. The number of aliphatic hydroxyl groups excluding tert-OH is 1. The Hall–Kier alpha value is -1.18. The minimum atomic E-state index is -0.555. The molecule has 30 heavy (non-hydrogen) atoms. The van der Waals surface area contributed by atoms with Gasteiger partial charge in [-0.1, -0.05) is 20.8 Å². The fourth-order valence-electron chi connectivity index (χ4n) is 5.96. The minimum absolute atomic E-state index is 0.0206. The topological polar surface area (TPSA) is 88.1 Å². The van der Waals surface area contributed by atoms with Crippen LogP contribution < -0.4 is 5.32 Å². The summed E-state index contributed by atoms with van der Waals surface area (Å²) < 4.78 is 10.3. The Bertz CT molecular complexity index is 578. The maximum Gasteiger partial charge on any atom is 0.225 e. The first-order valence-electron chi connectivity index (χ1n) is 11.4. The molecular weight excluding hydrogens is 384 g/mol. The van der Waals surface area contributed by atoms with E-state index in [1.807, 2.05) is 6.92 Å². The zero-order chi connectivity index (χ0) is 22.5. The van der Waals surface area contributed by atoms with E-state index in [9.17, 15) is 14.7 Å². The SMILES string of the molecule is COCCN(CCOC)C(=O)C(C)C1CCC2(C)CCC(NC(C)=O)C(C)C2C1O. The van der Waals surface area contributed by atoms with Crippen molar-refractivity contribution < 1.29 is 24.2 Å². The third-order valence-corrected chi connectivity index (χ3v) is 7.75. The Kier molecular flexibility index (Phi) is 9.13. The molecule has 0 aliphatic heterocycles. The standard InChI is InChI=1S/C23H42N2O5/c1-15(22(28)25(11-13-29-5)12-14-30-6)18-7-9-23(4)10-8-19(24-17(3)26)16(2)20(23)21(18)27/h15-16,18-21,27H,7-14H2,1-6H3,(H,24,26). The molecule has 2 aliphatic rings. The molecule has 0 heterocycles. The molecule has 0 aromatic carbocycles. The predicted molar refractivity (Wildman–Crippen MR) is 116 cm³/mol. The number of hydrogen-bond donors (Lipinski definition) is 2. The summed E-state index contributed by atoms with van der Waals surface area (Å²) in [6.07, 6.45) is 3.24. The summed E-state index contributed by atoms with van der Waals surface area (Å²) in [5, 5.41) is 14.6. The van der Waals surface area contributed by atoms with Crippen molar-refractivity contribution in [2.75, 3.05) is 40.5 Å². The number of aliphatic hydroxyl groups is 1. The number of carbonyl (C=O) groups is 2. The van der Waals surface area contributed by atoms with E-state index in [4.69, 9.17) is 9.47 Å². The number of nitrogens with zero attached hydrogens (tertiary/aromatic N) is 1. The van der Waals surface area contributed by atoms with Gasteiger partial charge in [-0.3, -0.25) is 9.59 Å². The van der Waals surface area contributed by atoms with Crippen molar-refractivity contribution >= 4 is 11.8 Å². The van der Waals surface area contributed by atoms with Crippen LogP contribution in [0.5, 0.6) is 0 Å². The lowest BCUT2D eigenvalue weighted by molar-refractivity contribution is -0.151. The maximum atomic E-state index is 13.3. The molecule has 0 radical (unpaired) electrons. The molecular formula is C23H42N2O5. The van der Waals surface area contributed by atoms with E-state index in [1.54, 1.807) is 26.0 Å². The van der Waals surface area contributed by atoms with E-state index < -0.39 is 6.10 Å². The van der Waals surface area contributed by atoms with Crippen molar-refractivity contribution in [2.45, 2.75) is 65.5 Å². The van der Waals surface area contributed by atoms with Gasteiger partial charge in [0, 0.05) is 46.2 Å². The highest BCUT2D eigenvalue weighted by molar-refractivity contribution is 5.79. The smallest absolute Gasteiger partial charge is 0.225 e. The molecule has 2 fully saturated rings. The van der Waals surface area contributed by atoms with Crippen molar-refractivity contribution in [3.8, 4) is 0 Å². The van der Waals surface area contributed by atoms with Gasteiger partial charge in [0.2, 0.25) is 11.8 Å². The Morgan fingerprint density at radius 3 is 2.27 bits per heavy atom. The highest BCUT2D eigenvalue weighted by Gasteiger charge is 2.54. The van der Waals surface area contributed by atoms with Crippen LogP contribution in [0.1, 0.15) is 53.4 Å². The average Bonchev–Trinajstić information content (AvgIpc) is 2.69. The molecule has 2 rings (SSSR count). The quantitative estimate of drug-likeness (QED) is 0.589. The van der Waals surface area contributed by atoms with Crippen molar-refractivity contribution in [2.24, 2.45) is 29.1 Å². The van der Waals surface area contributed by atoms with E-state index in [0.29, 0.717) is 26.3 Å². The Labute approximate surface area is 181 Å². The zero-order valence-corrected chi connectivity index (χ0v) is 19.6. The summed E-state index contributed by atoms with van der Waals surface area (Å²) in [6, 6.07) is 0.0832. The Balaban J connectivity index is 2.15. The van der Waals surface area contributed by atoms with Crippen LogP contribution in [0.25, 0.3) is 0 Å². The molecule has 174 valence electrons. The van der Waals surface area contributed by atoms with Crippen LogP contribution in [-0.4, -0.2) is 74.5 Å². The highest BCUT2D eigenvalue weighted by Crippen LogP contribution is 2.55. The molecule has 7 heteroatoms. The summed E-state index contributed by atoms with van der Waals surface area (Å²) in [6.45, 7) is 9.91. The first kappa shape index (κ1) is 25.1. The maximum absolute atomic E-state index is 13.3. The van der Waals surface area contributed by atoms with E-state index in [-0.39, 0.29) is 46.9 Å². The highest BCUT2D eigenvalue weighted by atomic mass is 16.5. The summed E-state index contributed by atoms with van der Waals surface area (Å²) in [5.41, 5.74) is 0.0544. The van der Waals surface area contributed by atoms with Crippen molar-refractivity contribution in [1.82, 2.24) is 10.2 Å². The monoisotopic (exact) mass is 426 g/mol. The molecule has 7 atom stereocenters. The molecule has 2 aliphatic carbocycles. The molecule has 0 aromatic heterocycles. The van der Waals surface area contributed by atoms with Gasteiger partial charge < -0.3 is 24.8 Å². The largest absolute Gasteiger partial charge is 0.392 e. The summed E-state index contributed by atoms with van der Waals surface area (Å²) >= 11 is 0. The number of ether oxygens (including phenoxy) is 2. The lowest BCUT2D eigenvalue weighted by Crippen LogP contribution is -2.58. The third-order valence-electron chi connectivity index (χ3n) is 7.75. The summed E-state index contributed by atoms with van der Waals surface area (Å²) in [5.74, 6) is -0.0750. The molecule has 2 saturated carbocycles. The summed E-state index contributed by atoms with van der Waals surface area (Å²) in [4.78, 5) is 26.7. The first-order chi connectivity index (χ1) is 14.2. The van der Waals surface area contributed by atoms with Gasteiger partial charge in [0.1, 0.15) is 0 Å². The van der Waals surface area contributed by atoms with Gasteiger partial charge in [-0.2, -0.15) is 0 Å². The van der Waals surface area contributed by atoms with Gasteiger partial charge in [0.05, 0.1) is 19.3 Å². The number of amides is 2. The molecule has 7 nitrogen and oxygen atoms in total. The predicted octanol–water partition coefficient (Wildman–Crippen LogP) is 2.07. The van der Waals surface area contributed by atoms with Crippen LogP contribution in [-0.2, 0) is 19.1 Å².